The van der Waals surface area contributed by atoms with Gasteiger partial charge in [-0.2, -0.15) is 11.8 Å². The van der Waals surface area contributed by atoms with Crippen LogP contribution in [0.1, 0.15) is 12.8 Å². The third-order valence-corrected chi connectivity index (χ3v) is 3.81. The van der Waals surface area contributed by atoms with E-state index in [1.807, 2.05) is 0 Å². The van der Waals surface area contributed by atoms with Crippen molar-refractivity contribution in [2.75, 3.05) is 29.4 Å². The van der Waals surface area contributed by atoms with Crippen LogP contribution in [0.25, 0.3) is 0 Å². The van der Waals surface area contributed by atoms with Gasteiger partial charge < -0.3 is 0 Å². The molecule has 0 saturated heterocycles. The second-order valence-electron chi connectivity index (χ2n) is 2.64. The second kappa shape index (κ2) is 7.04. The summed E-state index contributed by atoms with van der Waals surface area (Å²) < 4.78 is 21.4. The van der Waals surface area contributed by atoms with Crippen LogP contribution in [0.4, 0.5) is 0 Å². The number of alkyl halides is 1. The fourth-order valence-corrected chi connectivity index (χ4v) is 3.09. The van der Waals surface area contributed by atoms with Gasteiger partial charge in [0, 0.05) is 17.9 Å². The van der Waals surface area contributed by atoms with Crippen molar-refractivity contribution in [1.29, 1.82) is 0 Å². The zero-order chi connectivity index (χ0) is 9.45. The van der Waals surface area contributed by atoms with E-state index in [1.54, 1.807) is 11.8 Å². The van der Waals surface area contributed by atoms with Crippen LogP contribution in [-0.2, 0) is 9.84 Å². The molecule has 74 valence electrons. The van der Waals surface area contributed by atoms with Crippen molar-refractivity contribution < 1.29 is 8.42 Å². The lowest BCUT2D eigenvalue weighted by atomic mass is 10.4. The van der Waals surface area contributed by atoms with Crippen molar-refractivity contribution in [3.63, 3.8) is 0 Å². The van der Waals surface area contributed by atoms with Crippen molar-refractivity contribution in [1.82, 2.24) is 0 Å². The van der Waals surface area contributed by atoms with Gasteiger partial charge >= 0.3 is 0 Å². The van der Waals surface area contributed by atoms with Gasteiger partial charge in [-0.25, -0.2) is 8.42 Å². The van der Waals surface area contributed by atoms with Crippen molar-refractivity contribution in [3.05, 3.63) is 0 Å². The third kappa shape index (κ3) is 10.6. The first-order valence-corrected chi connectivity index (χ1v) is 7.62. The Hall–Kier alpha value is 0.590. The van der Waals surface area contributed by atoms with Gasteiger partial charge in [0.05, 0.1) is 5.75 Å². The first kappa shape index (κ1) is 12.6. The lowest BCUT2D eigenvalue weighted by Crippen LogP contribution is -2.05. The van der Waals surface area contributed by atoms with E-state index in [2.05, 4.69) is 0 Å². The van der Waals surface area contributed by atoms with Crippen LogP contribution in [0.5, 0.6) is 0 Å². The maximum atomic E-state index is 10.7. The minimum Gasteiger partial charge on any atom is -0.229 e. The summed E-state index contributed by atoms with van der Waals surface area (Å²) in [6, 6.07) is 0. The van der Waals surface area contributed by atoms with E-state index in [0.29, 0.717) is 17.4 Å². The lowest BCUT2D eigenvalue weighted by molar-refractivity contribution is 0.603. The molecule has 0 aromatic rings. The van der Waals surface area contributed by atoms with Gasteiger partial charge in [-0.3, -0.25) is 0 Å². The number of hydrogen-bond donors (Lipinski definition) is 0. The normalized spacial score (nSPS) is 11.8. The molecular formula is C7H15ClO2S2. The van der Waals surface area contributed by atoms with Crippen LogP contribution in [0.2, 0.25) is 0 Å². The SMILES string of the molecule is CS(=O)(=O)CCSCCCCCl. The molecule has 0 saturated carbocycles. The topological polar surface area (TPSA) is 34.1 Å². The Kier molecular flexibility index (Phi) is 7.38. The van der Waals surface area contributed by atoms with Gasteiger partial charge in [0.15, 0.2) is 0 Å². The van der Waals surface area contributed by atoms with Crippen LogP contribution in [0.15, 0.2) is 0 Å². The van der Waals surface area contributed by atoms with Crippen LogP contribution in [0.3, 0.4) is 0 Å². The Balaban J connectivity index is 3.12. The van der Waals surface area contributed by atoms with E-state index in [4.69, 9.17) is 11.6 Å². The molecule has 0 heterocycles. The molecule has 0 N–H and O–H groups in total. The summed E-state index contributed by atoms with van der Waals surface area (Å²) in [6.07, 6.45) is 3.37. The number of hydrogen-bond acceptors (Lipinski definition) is 3. The predicted octanol–water partition coefficient (Wildman–Crippen LogP) is 1.78. The minimum absolute atomic E-state index is 0.290. The van der Waals surface area contributed by atoms with Gasteiger partial charge in [0.1, 0.15) is 9.84 Å². The monoisotopic (exact) mass is 230 g/mol. The highest BCUT2D eigenvalue weighted by atomic mass is 35.5. The molecular weight excluding hydrogens is 216 g/mol. The molecule has 0 aromatic heterocycles. The van der Waals surface area contributed by atoms with Gasteiger partial charge in [0.2, 0.25) is 0 Å². The van der Waals surface area contributed by atoms with Crippen molar-refractivity contribution in [2.45, 2.75) is 12.8 Å². The fraction of sp³-hybridized carbons (Fsp3) is 1.00. The Bertz CT molecular complexity index is 190. The summed E-state index contributed by atoms with van der Waals surface area (Å²) in [5.74, 6) is 2.72. The quantitative estimate of drug-likeness (QED) is 0.494. The van der Waals surface area contributed by atoms with E-state index in [9.17, 15) is 8.42 Å². The maximum Gasteiger partial charge on any atom is 0.148 e. The summed E-state index contributed by atoms with van der Waals surface area (Å²) in [5.41, 5.74) is 0. The molecule has 0 atom stereocenters. The molecule has 0 aliphatic heterocycles. The largest absolute Gasteiger partial charge is 0.229 e. The highest BCUT2D eigenvalue weighted by molar-refractivity contribution is 8.00. The van der Waals surface area contributed by atoms with E-state index in [1.165, 1.54) is 6.26 Å². The highest BCUT2D eigenvalue weighted by Gasteiger charge is 2.00. The van der Waals surface area contributed by atoms with Crippen LogP contribution >= 0.6 is 23.4 Å². The van der Waals surface area contributed by atoms with Crippen LogP contribution in [0, 0.1) is 0 Å². The summed E-state index contributed by atoms with van der Waals surface area (Å²) in [4.78, 5) is 0. The molecule has 0 amide bonds. The number of halogens is 1. The summed E-state index contributed by atoms with van der Waals surface area (Å²) >= 11 is 7.16. The number of rotatable bonds is 7. The van der Waals surface area contributed by atoms with Crippen molar-refractivity contribution in [2.24, 2.45) is 0 Å². The molecule has 12 heavy (non-hydrogen) atoms. The summed E-state index contributed by atoms with van der Waals surface area (Å²) in [6.45, 7) is 0. The average Bonchev–Trinajstić information content (AvgIpc) is 1.94. The van der Waals surface area contributed by atoms with E-state index >= 15 is 0 Å². The number of unbranched alkanes of at least 4 members (excludes halogenated alkanes) is 1. The zero-order valence-electron chi connectivity index (χ0n) is 7.25. The first-order chi connectivity index (χ1) is 5.56. The van der Waals surface area contributed by atoms with E-state index in [0.717, 1.165) is 18.6 Å². The maximum absolute atomic E-state index is 10.7. The molecule has 0 aliphatic carbocycles. The van der Waals surface area contributed by atoms with Gasteiger partial charge in [0.25, 0.3) is 0 Å². The van der Waals surface area contributed by atoms with Gasteiger partial charge in [-0.05, 0) is 18.6 Å². The Morgan fingerprint density at radius 1 is 1.25 bits per heavy atom. The number of sulfone groups is 1. The molecule has 0 aromatic carbocycles. The third-order valence-electron chi connectivity index (χ3n) is 1.27. The average molecular weight is 231 g/mol. The second-order valence-corrected chi connectivity index (χ2v) is 6.50. The first-order valence-electron chi connectivity index (χ1n) is 3.87. The molecule has 5 heteroatoms. The van der Waals surface area contributed by atoms with Gasteiger partial charge in [-0.15, -0.1) is 11.6 Å². The molecule has 0 unspecified atom stereocenters. The molecule has 0 aliphatic rings. The lowest BCUT2D eigenvalue weighted by Gasteiger charge is -1.98. The summed E-state index contributed by atoms with van der Waals surface area (Å²) in [7, 11) is -2.76. The Morgan fingerprint density at radius 3 is 2.42 bits per heavy atom. The standard InChI is InChI=1S/C7H15ClO2S2/c1-12(9,10)7-6-11-5-3-2-4-8/h2-7H2,1H3. The van der Waals surface area contributed by atoms with Crippen molar-refractivity contribution in [3.8, 4) is 0 Å². The van der Waals surface area contributed by atoms with E-state index < -0.39 is 9.84 Å². The van der Waals surface area contributed by atoms with Crippen LogP contribution in [-0.4, -0.2) is 37.8 Å². The smallest absolute Gasteiger partial charge is 0.148 e. The Morgan fingerprint density at radius 2 is 1.92 bits per heavy atom. The molecule has 0 bridgehead atoms. The minimum atomic E-state index is -2.76. The number of thioether (sulfide) groups is 1. The van der Waals surface area contributed by atoms with E-state index in [-0.39, 0.29) is 0 Å². The molecule has 0 fully saturated rings. The van der Waals surface area contributed by atoms with Gasteiger partial charge in [-0.1, -0.05) is 0 Å². The molecule has 0 radical (unpaired) electrons. The zero-order valence-corrected chi connectivity index (χ0v) is 9.64. The molecule has 2 nitrogen and oxygen atoms in total. The molecule has 0 spiro atoms. The molecule has 0 rings (SSSR count). The Labute approximate surface area is 84.0 Å². The van der Waals surface area contributed by atoms with Crippen molar-refractivity contribution >= 4 is 33.2 Å². The van der Waals surface area contributed by atoms with Crippen LogP contribution < -0.4 is 0 Å². The highest BCUT2D eigenvalue weighted by Crippen LogP contribution is 2.05. The predicted molar refractivity (Wildman–Crippen MR) is 57.0 cm³/mol. The summed E-state index contributed by atoms with van der Waals surface area (Å²) in [5, 5.41) is 0. The fourth-order valence-electron chi connectivity index (χ4n) is 0.611.